The van der Waals surface area contributed by atoms with Crippen molar-refractivity contribution in [1.82, 2.24) is 29.1 Å². The lowest BCUT2D eigenvalue weighted by Gasteiger charge is -2.16. The minimum absolute atomic E-state index is 0.597. The predicted molar refractivity (Wildman–Crippen MR) is 279 cm³/mol. The molecule has 0 aliphatic carbocycles. The Morgan fingerprint density at radius 3 is 0.941 bits per heavy atom. The number of hydrogen-bond donors (Lipinski definition) is 0. The van der Waals surface area contributed by atoms with Crippen LogP contribution in [0, 0.1) is 0 Å². The second kappa shape index (κ2) is 16.3. The lowest BCUT2D eigenvalue weighted by molar-refractivity contribution is 1.13. The molecule has 0 aliphatic heterocycles. The van der Waals surface area contributed by atoms with E-state index in [4.69, 9.17) is 19.9 Å². The highest BCUT2D eigenvalue weighted by atomic mass is 15.0. The van der Waals surface area contributed by atoms with Crippen LogP contribution in [0.5, 0.6) is 0 Å². The zero-order chi connectivity index (χ0) is 45.0. The summed E-state index contributed by atoms with van der Waals surface area (Å²) in [5, 5.41) is 4.68. The number of fused-ring (bicyclic) bond motifs is 7. The van der Waals surface area contributed by atoms with Crippen LogP contribution in [0.15, 0.2) is 243 Å². The Morgan fingerprint density at radius 2 is 0.559 bits per heavy atom. The van der Waals surface area contributed by atoms with Crippen molar-refractivity contribution in [2.24, 2.45) is 0 Å². The third-order valence-corrected chi connectivity index (χ3v) is 12.9. The number of aromatic nitrogens is 6. The summed E-state index contributed by atoms with van der Waals surface area (Å²) < 4.78 is 4.85. The number of nitrogens with zero attached hydrogens (tertiary/aromatic N) is 6. The van der Waals surface area contributed by atoms with Crippen molar-refractivity contribution in [2.75, 3.05) is 0 Å². The molecule has 4 heterocycles. The zero-order valence-electron chi connectivity index (χ0n) is 36.8. The molecule has 0 amide bonds. The van der Waals surface area contributed by atoms with Crippen LogP contribution in [0.4, 0.5) is 0 Å². The molecule has 13 rings (SSSR count). The Labute approximate surface area is 392 Å². The smallest absolute Gasteiger partial charge is 0.160 e. The van der Waals surface area contributed by atoms with Gasteiger partial charge in [0, 0.05) is 66.3 Å². The van der Waals surface area contributed by atoms with Crippen LogP contribution in [0.1, 0.15) is 0 Å². The highest BCUT2D eigenvalue weighted by Gasteiger charge is 2.23. The van der Waals surface area contributed by atoms with Crippen LogP contribution >= 0.6 is 0 Å². The van der Waals surface area contributed by atoms with E-state index in [2.05, 4.69) is 228 Å². The molecule has 318 valence electrons. The molecular formula is C62H40N6. The molecule has 6 heteroatoms. The van der Waals surface area contributed by atoms with Crippen LogP contribution in [0.25, 0.3) is 123 Å². The molecule has 13 aromatic rings. The first-order valence-electron chi connectivity index (χ1n) is 22.9. The van der Waals surface area contributed by atoms with E-state index in [1.54, 1.807) is 0 Å². The SMILES string of the molecule is c1ccc(-c2cc(-c3ccccc3)nc(-c3cc(-c4nc(-c5ccccc5)cc(-c5ccccc5)n4)cc(-n4c5ccccc5c5ccc6c7ccccc7n(-c7ccccc7)c6c54)c3)n2)cc1. The third kappa shape index (κ3) is 6.74. The molecule has 0 N–H and O–H groups in total. The molecule has 0 aliphatic rings. The van der Waals surface area contributed by atoms with E-state index in [1.807, 2.05) is 24.3 Å². The van der Waals surface area contributed by atoms with Crippen LogP contribution in [-0.4, -0.2) is 29.1 Å². The van der Waals surface area contributed by atoms with Gasteiger partial charge in [-0.25, -0.2) is 19.9 Å². The summed E-state index contributed by atoms with van der Waals surface area (Å²) in [6.45, 7) is 0. The third-order valence-electron chi connectivity index (χ3n) is 12.9. The van der Waals surface area contributed by atoms with Crippen molar-refractivity contribution in [2.45, 2.75) is 0 Å². The number of para-hydroxylation sites is 3. The van der Waals surface area contributed by atoms with Gasteiger partial charge in [-0.15, -0.1) is 0 Å². The molecule has 68 heavy (non-hydrogen) atoms. The minimum Gasteiger partial charge on any atom is -0.307 e. The Kier molecular flexibility index (Phi) is 9.39. The van der Waals surface area contributed by atoms with Gasteiger partial charge in [0.25, 0.3) is 0 Å². The fourth-order valence-electron chi connectivity index (χ4n) is 9.79. The monoisotopic (exact) mass is 868 g/mol. The Balaban J connectivity index is 1.16. The molecule has 0 unspecified atom stereocenters. The largest absolute Gasteiger partial charge is 0.307 e. The average Bonchev–Trinajstić information content (AvgIpc) is 3.95. The lowest BCUT2D eigenvalue weighted by Crippen LogP contribution is -2.02. The molecule has 0 fully saturated rings. The average molecular weight is 869 g/mol. The van der Waals surface area contributed by atoms with Crippen LogP contribution in [0.2, 0.25) is 0 Å². The second-order valence-electron chi connectivity index (χ2n) is 17.1. The summed E-state index contributed by atoms with van der Waals surface area (Å²) in [5.74, 6) is 1.19. The first-order chi connectivity index (χ1) is 33.7. The molecule has 0 atom stereocenters. The van der Waals surface area contributed by atoms with Gasteiger partial charge in [-0.2, -0.15) is 0 Å². The highest BCUT2D eigenvalue weighted by molar-refractivity contribution is 6.23. The number of benzene rings is 9. The Bertz CT molecular complexity index is 3730. The zero-order valence-corrected chi connectivity index (χ0v) is 36.8. The van der Waals surface area contributed by atoms with Gasteiger partial charge in [0.2, 0.25) is 0 Å². The van der Waals surface area contributed by atoms with Gasteiger partial charge in [0.15, 0.2) is 11.6 Å². The fraction of sp³-hybridized carbons (Fsp3) is 0. The van der Waals surface area contributed by atoms with E-state index < -0.39 is 0 Å². The summed E-state index contributed by atoms with van der Waals surface area (Å²) in [5.41, 5.74) is 15.5. The molecule has 9 aromatic carbocycles. The van der Waals surface area contributed by atoms with Crippen LogP contribution < -0.4 is 0 Å². The van der Waals surface area contributed by atoms with Gasteiger partial charge in [-0.3, -0.25) is 0 Å². The highest BCUT2D eigenvalue weighted by Crippen LogP contribution is 2.43. The van der Waals surface area contributed by atoms with Gasteiger partial charge in [0.05, 0.1) is 44.8 Å². The van der Waals surface area contributed by atoms with E-state index in [0.717, 1.165) is 100 Å². The summed E-state index contributed by atoms with van der Waals surface area (Å²) >= 11 is 0. The standard InChI is InChI=1S/C62H40N6/c1-6-20-41(21-7-1)53-39-54(42-22-8-2-9-23-42)64-61(63-53)45-36-46(62-65-55(43-24-10-3-11-25-43)40-56(66-62)44-26-12-4-13-27-44)38-48(37-45)68-58-33-19-17-31-50(58)52-35-34-51-49-30-16-18-32-57(49)67(59(51)60(52)68)47-28-14-5-15-29-47/h1-40H. The molecule has 0 saturated heterocycles. The number of rotatable bonds is 8. The predicted octanol–water partition coefficient (Wildman–Crippen LogP) is 15.5. The van der Waals surface area contributed by atoms with Crippen molar-refractivity contribution in [3.63, 3.8) is 0 Å². The summed E-state index contributed by atoms with van der Waals surface area (Å²) in [4.78, 5) is 21.5. The van der Waals surface area contributed by atoms with Crippen molar-refractivity contribution in [3.8, 4) is 79.2 Å². The van der Waals surface area contributed by atoms with Crippen molar-refractivity contribution in [1.29, 1.82) is 0 Å². The van der Waals surface area contributed by atoms with Gasteiger partial charge in [-0.05, 0) is 54.6 Å². The maximum absolute atomic E-state index is 5.38. The topological polar surface area (TPSA) is 61.4 Å². The second-order valence-corrected chi connectivity index (χ2v) is 17.1. The maximum atomic E-state index is 5.38. The quantitative estimate of drug-likeness (QED) is 0.153. The Hall–Kier alpha value is -9.26. The lowest BCUT2D eigenvalue weighted by atomic mass is 10.0. The van der Waals surface area contributed by atoms with E-state index >= 15 is 0 Å². The van der Waals surface area contributed by atoms with E-state index in [0.29, 0.717) is 11.6 Å². The number of hydrogen-bond acceptors (Lipinski definition) is 4. The van der Waals surface area contributed by atoms with E-state index in [-0.39, 0.29) is 0 Å². The van der Waals surface area contributed by atoms with E-state index in [9.17, 15) is 0 Å². The van der Waals surface area contributed by atoms with Gasteiger partial charge < -0.3 is 9.13 Å². The molecule has 0 bridgehead atoms. The summed E-state index contributed by atoms with van der Waals surface area (Å²) in [6, 6.07) is 84.9. The first kappa shape index (κ1) is 39.1. The van der Waals surface area contributed by atoms with Crippen molar-refractivity contribution in [3.05, 3.63) is 243 Å². The van der Waals surface area contributed by atoms with Gasteiger partial charge in [0.1, 0.15) is 0 Å². The van der Waals surface area contributed by atoms with Gasteiger partial charge >= 0.3 is 0 Å². The molecule has 6 nitrogen and oxygen atoms in total. The van der Waals surface area contributed by atoms with Gasteiger partial charge in [-0.1, -0.05) is 188 Å². The maximum Gasteiger partial charge on any atom is 0.160 e. The van der Waals surface area contributed by atoms with E-state index in [1.165, 1.54) is 10.8 Å². The first-order valence-corrected chi connectivity index (χ1v) is 22.9. The molecule has 4 aromatic heterocycles. The Morgan fingerprint density at radius 1 is 0.235 bits per heavy atom. The summed E-state index contributed by atoms with van der Waals surface area (Å²) in [6.07, 6.45) is 0. The van der Waals surface area contributed by atoms with Crippen molar-refractivity contribution < 1.29 is 0 Å². The molecule has 0 spiro atoms. The summed E-state index contributed by atoms with van der Waals surface area (Å²) in [7, 11) is 0. The van der Waals surface area contributed by atoms with Crippen LogP contribution in [-0.2, 0) is 0 Å². The van der Waals surface area contributed by atoms with Crippen molar-refractivity contribution >= 4 is 43.6 Å². The molecule has 0 saturated carbocycles. The minimum atomic E-state index is 0.597. The fourth-order valence-corrected chi connectivity index (χ4v) is 9.79. The molecular weight excluding hydrogens is 829 g/mol. The van der Waals surface area contributed by atoms with Crippen LogP contribution in [0.3, 0.4) is 0 Å². The molecule has 0 radical (unpaired) electrons. The normalized spacial score (nSPS) is 11.5.